The molecule has 0 saturated heterocycles. The zero-order valence-electron chi connectivity index (χ0n) is 5.59. The Hall–Kier alpha value is -0.292. The summed E-state index contributed by atoms with van der Waals surface area (Å²) in [4.78, 5) is 11.0. The van der Waals surface area contributed by atoms with Crippen LogP contribution in [0.25, 0.3) is 0 Å². The van der Waals surface area contributed by atoms with E-state index in [0.29, 0.717) is 12.2 Å². The molecule has 0 aliphatic heterocycles. The van der Waals surface area contributed by atoms with Gasteiger partial charge in [0.05, 0.1) is 0 Å². The predicted molar refractivity (Wildman–Crippen MR) is 37.5 cm³/mol. The van der Waals surface area contributed by atoms with Crippen LogP contribution in [-0.2, 0) is 24.1 Å². The number of rotatable bonds is 1. The summed E-state index contributed by atoms with van der Waals surface area (Å²) in [6, 6.07) is 0. The molecule has 52 valence electrons. The van der Waals surface area contributed by atoms with Gasteiger partial charge in [-0.15, -0.1) is 0 Å². The Morgan fingerprint density at radius 2 is 2.20 bits per heavy atom. The molecule has 1 nitrogen and oxygen atoms in total. The molecule has 1 saturated carbocycles. The Morgan fingerprint density at radius 3 is 2.60 bits per heavy atom. The van der Waals surface area contributed by atoms with E-state index >= 15 is 0 Å². The van der Waals surface area contributed by atoms with Crippen LogP contribution in [0.15, 0.2) is 24.3 Å². The maximum atomic E-state index is 11.0. The van der Waals surface area contributed by atoms with Crippen molar-refractivity contribution in [3.63, 3.8) is 0 Å². The van der Waals surface area contributed by atoms with E-state index in [1.807, 2.05) is 6.08 Å². The van der Waals surface area contributed by atoms with Gasteiger partial charge in [-0.3, -0.25) is 0 Å². The Kier molecular flexibility index (Phi) is 2.50. The van der Waals surface area contributed by atoms with Crippen molar-refractivity contribution in [2.24, 2.45) is 0 Å². The molecular formula is C8H8OW. The second-order valence-corrected chi connectivity index (χ2v) is 3.65. The van der Waals surface area contributed by atoms with Crippen LogP contribution in [0, 0.1) is 0 Å². The molecule has 1 aliphatic carbocycles. The summed E-state index contributed by atoms with van der Waals surface area (Å²) in [7, 11) is 0. The van der Waals surface area contributed by atoms with Crippen molar-refractivity contribution >= 4 is 9.68 Å². The molecule has 1 fully saturated rings. The molecular weight excluding hydrogens is 296 g/mol. The molecule has 0 bridgehead atoms. The molecule has 10 heavy (non-hydrogen) atoms. The van der Waals surface area contributed by atoms with Crippen molar-refractivity contribution in [2.75, 3.05) is 0 Å². The summed E-state index contributed by atoms with van der Waals surface area (Å²) in [5, 5.41) is 0. The number of Topliss-reactive ketones (excluding diaryl/α,β-unsaturated/α-hetero) is 1. The molecule has 1 rings (SSSR count). The number of carbonyl (C=O) groups excluding carboxylic acids is 1. The van der Waals surface area contributed by atoms with E-state index in [0.717, 1.165) is 10.3 Å². The van der Waals surface area contributed by atoms with Gasteiger partial charge < -0.3 is 0 Å². The molecule has 1 aliphatic rings. The van der Waals surface area contributed by atoms with E-state index in [-0.39, 0.29) is 0 Å². The molecule has 0 radical (unpaired) electrons. The van der Waals surface area contributed by atoms with Crippen molar-refractivity contribution in [1.29, 1.82) is 0 Å². The van der Waals surface area contributed by atoms with Crippen LogP contribution in [-0.4, -0.2) is 9.68 Å². The van der Waals surface area contributed by atoms with Gasteiger partial charge in [0.25, 0.3) is 0 Å². The number of allylic oxidation sites excluding steroid dienone is 3. The average Bonchev–Trinajstić information content (AvgIpc) is 2.20. The topological polar surface area (TPSA) is 17.1 Å². The first kappa shape index (κ1) is 7.81. The molecule has 0 aromatic rings. The van der Waals surface area contributed by atoms with Crippen LogP contribution in [0.2, 0.25) is 0 Å². The predicted octanol–water partition coefficient (Wildman–Crippen LogP) is 1.18. The first-order valence-corrected chi connectivity index (χ1v) is 4.61. The van der Waals surface area contributed by atoms with Crippen LogP contribution in [0.4, 0.5) is 0 Å². The SMILES string of the molecule is C=CC=C1CCC(=O)[C]1=[W]. The van der Waals surface area contributed by atoms with Gasteiger partial charge in [0.2, 0.25) is 0 Å². The van der Waals surface area contributed by atoms with E-state index in [4.69, 9.17) is 0 Å². The van der Waals surface area contributed by atoms with Gasteiger partial charge in [-0.1, -0.05) is 0 Å². The van der Waals surface area contributed by atoms with E-state index < -0.39 is 0 Å². The fourth-order valence-electron chi connectivity index (χ4n) is 0.956. The van der Waals surface area contributed by atoms with Crippen LogP contribution in [0.3, 0.4) is 0 Å². The summed E-state index contributed by atoms with van der Waals surface area (Å²) >= 11 is 1.28. The van der Waals surface area contributed by atoms with Gasteiger partial charge in [-0.05, 0) is 0 Å². The van der Waals surface area contributed by atoms with Gasteiger partial charge in [0, 0.05) is 0 Å². The average molecular weight is 304 g/mol. The molecule has 0 heterocycles. The van der Waals surface area contributed by atoms with Gasteiger partial charge in [-0.2, -0.15) is 0 Å². The summed E-state index contributed by atoms with van der Waals surface area (Å²) in [6.45, 7) is 3.59. The Balaban J connectivity index is 2.85. The molecule has 0 unspecified atom stereocenters. The fourth-order valence-corrected chi connectivity index (χ4v) is 1.93. The number of hydrogen-bond acceptors (Lipinski definition) is 1. The molecule has 0 aromatic heterocycles. The van der Waals surface area contributed by atoms with Crippen molar-refractivity contribution in [3.8, 4) is 0 Å². The summed E-state index contributed by atoms with van der Waals surface area (Å²) in [6.07, 6.45) is 5.31. The van der Waals surface area contributed by atoms with E-state index in [1.165, 1.54) is 24.9 Å². The van der Waals surface area contributed by atoms with Gasteiger partial charge in [0.15, 0.2) is 0 Å². The Bertz CT molecular complexity index is 225. The molecule has 2 heteroatoms. The monoisotopic (exact) mass is 304 g/mol. The molecule has 0 spiro atoms. The molecule has 0 N–H and O–H groups in total. The number of hydrogen-bond donors (Lipinski definition) is 0. The zero-order chi connectivity index (χ0) is 7.56. The zero-order valence-corrected chi connectivity index (χ0v) is 8.53. The second kappa shape index (κ2) is 3.20. The van der Waals surface area contributed by atoms with Crippen LogP contribution in [0.1, 0.15) is 12.8 Å². The fraction of sp³-hybridized carbons (Fsp3) is 0.250. The summed E-state index contributed by atoms with van der Waals surface area (Å²) in [5.74, 6) is 0.322. The third-order valence-electron chi connectivity index (χ3n) is 1.49. The first-order valence-electron chi connectivity index (χ1n) is 3.15. The van der Waals surface area contributed by atoms with Crippen LogP contribution in [0.5, 0.6) is 0 Å². The summed E-state index contributed by atoms with van der Waals surface area (Å²) < 4.78 is 1.000. The van der Waals surface area contributed by atoms with E-state index in [9.17, 15) is 4.79 Å². The summed E-state index contributed by atoms with van der Waals surface area (Å²) in [5.41, 5.74) is 1.19. The molecule has 0 amide bonds. The Morgan fingerprint density at radius 1 is 1.50 bits per heavy atom. The van der Waals surface area contributed by atoms with Crippen molar-refractivity contribution in [1.82, 2.24) is 0 Å². The van der Waals surface area contributed by atoms with Crippen LogP contribution < -0.4 is 0 Å². The molecule has 0 atom stereocenters. The van der Waals surface area contributed by atoms with E-state index in [1.54, 1.807) is 6.08 Å². The normalized spacial score (nSPS) is 22.2. The van der Waals surface area contributed by atoms with Gasteiger partial charge in [-0.25, -0.2) is 0 Å². The Labute approximate surface area is 71.2 Å². The quantitative estimate of drug-likeness (QED) is 0.711. The first-order chi connectivity index (χ1) is 4.75. The third-order valence-corrected chi connectivity index (χ3v) is 3.25. The van der Waals surface area contributed by atoms with Gasteiger partial charge in [0.1, 0.15) is 0 Å². The minimum atomic E-state index is 0.322. The van der Waals surface area contributed by atoms with Crippen LogP contribution >= 0.6 is 0 Å². The van der Waals surface area contributed by atoms with Gasteiger partial charge >= 0.3 is 71.0 Å². The maximum absolute atomic E-state index is 11.0. The second-order valence-electron chi connectivity index (χ2n) is 2.18. The molecule has 0 aromatic carbocycles. The van der Waals surface area contributed by atoms with Crippen molar-refractivity contribution in [3.05, 3.63) is 24.3 Å². The minimum absolute atomic E-state index is 0.322. The standard InChI is InChI=1S/C8H8O.W/c1-2-3-7-4-5-8(9)6-7;/h2-3H,1,4-5H2;. The van der Waals surface area contributed by atoms with E-state index in [2.05, 4.69) is 6.58 Å². The number of ketones is 1. The van der Waals surface area contributed by atoms with Crippen molar-refractivity contribution in [2.45, 2.75) is 12.8 Å². The number of carbonyl (C=O) groups is 1. The third kappa shape index (κ3) is 1.41. The van der Waals surface area contributed by atoms with Crippen molar-refractivity contribution < 1.29 is 24.1 Å².